The lowest BCUT2D eigenvalue weighted by Crippen LogP contribution is -2.36. The number of amides is 2. The van der Waals surface area contributed by atoms with Gasteiger partial charge in [0.2, 0.25) is 0 Å². The maximum atomic E-state index is 11.8. The second-order valence-electron chi connectivity index (χ2n) is 6.21. The van der Waals surface area contributed by atoms with Crippen molar-refractivity contribution in [1.29, 1.82) is 0 Å². The zero-order chi connectivity index (χ0) is 17.4. The minimum atomic E-state index is -0.573. The van der Waals surface area contributed by atoms with Crippen LogP contribution >= 0.6 is 0 Å². The number of nitrogens with zero attached hydrogens (tertiary/aromatic N) is 2. The van der Waals surface area contributed by atoms with Crippen LogP contribution in [0.1, 0.15) is 37.8 Å². The molecule has 1 aromatic heterocycles. The number of hydrogen-bond acceptors (Lipinski definition) is 3. The lowest BCUT2D eigenvalue weighted by molar-refractivity contribution is 0.167. The summed E-state index contributed by atoms with van der Waals surface area (Å²) in [5.41, 5.74) is 0.857. The number of carbonyl (C=O) groups excluding carboxylic acids is 1. The van der Waals surface area contributed by atoms with Crippen LogP contribution in [0.3, 0.4) is 0 Å². The zero-order valence-corrected chi connectivity index (χ0v) is 14.3. The molecule has 130 valence electrons. The minimum absolute atomic E-state index is 0.255. The fourth-order valence-electron chi connectivity index (χ4n) is 2.45. The molecule has 0 aliphatic rings. The topological polar surface area (TPSA) is 79.2 Å². The van der Waals surface area contributed by atoms with Crippen LogP contribution in [0, 0.1) is 5.92 Å². The van der Waals surface area contributed by atoms with E-state index in [-0.39, 0.29) is 6.03 Å². The van der Waals surface area contributed by atoms with E-state index in [0.29, 0.717) is 25.4 Å². The van der Waals surface area contributed by atoms with Crippen molar-refractivity contribution >= 4 is 6.03 Å². The van der Waals surface area contributed by atoms with E-state index in [9.17, 15) is 9.90 Å². The first-order valence-corrected chi connectivity index (χ1v) is 8.31. The Balaban J connectivity index is 1.69. The smallest absolute Gasteiger partial charge is 0.315 e. The van der Waals surface area contributed by atoms with Crippen molar-refractivity contribution in [3.63, 3.8) is 0 Å². The molecule has 0 saturated heterocycles. The average Bonchev–Trinajstić information content (AvgIpc) is 3.00. The fourth-order valence-corrected chi connectivity index (χ4v) is 2.45. The number of nitrogens with one attached hydrogen (secondary N) is 2. The Morgan fingerprint density at radius 3 is 2.71 bits per heavy atom. The van der Waals surface area contributed by atoms with Crippen LogP contribution in [0.25, 0.3) is 0 Å². The zero-order valence-electron chi connectivity index (χ0n) is 14.3. The number of aliphatic hydroxyl groups excluding tert-OH is 1. The number of benzene rings is 1. The van der Waals surface area contributed by atoms with Crippen molar-refractivity contribution < 1.29 is 9.90 Å². The van der Waals surface area contributed by atoms with E-state index >= 15 is 0 Å². The molecule has 0 bridgehead atoms. The lowest BCUT2D eigenvalue weighted by atomic mass is 10.1. The average molecular weight is 330 g/mol. The van der Waals surface area contributed by atoms with Gasteiger partial charge in [-0.05, 0) is 17.9 Å². The highest BCUT2D eigenvalue weighted by Gasteiger charge is 2.09. The Bertz CT molecular complexity index is 625. The molecule has 2 amide bonds. The lowest BCUT2D eigenvalue weighted by Gasteiger charge is -2.13. The number of urea groups is 1. The summed E-state index contributed by atoms with van der Waals surface area (Å²) in [6.07, 6.45) is 3.56. The Labute approximate surface area is 142 Å². The highest BCUT2D eigenvalue weighted by Crippen LogP contribution is 2.14. The predicted molar refractivity (Wildman–Crippen MR) is 93.3 cm³/mol. The number of imidazole rings is 1. The molecule has 6 heteroatoms. The summed E-state index contributed by atoms with van der Waals surface area (Å²) in [4.78, 5) is 16.1. The number of hydrogen-bond donors (Lipinski definition) is 3. The van der Waals surface area contributed by atoms with Crippen molar-refractivity contribution in [2.45, 2.75) is 39.5 Å². The van der Waals surface area contributed by atoms with Crippen molar-refractivity contribution in [1.82, 2.24) is 20.2 Å². The number of aliphatic hydroxyl groups is 1. The standard InChI is InChI=1S/C18H26N4O2/c1-14(2)13-22-11-10-19-17(22)12-21-18(24)20-9-8-16(23)15-6-4-3-5-7-15/h3-7,10-11,14,16,23H,8-9,12-13H2,1-2H3,(H2,20,21,24). The Morgan fingerprint density at radius 1 is 1.25 bits per heavy atom. The van der Waals surface area contributed by atoms with Gasteiger partial charge in [-0.3, -0.25) is 0 Å². The molecule has 2 aromatic rings. The summed E-state index contributed by atoms with van der Waals surface area (Å²) in [6, 6.07) is 9.17. The van der Waals surface area contributed by atoms with Gasteiger partial charge < -0.3 is 20.3 Å². The van der Waals surface area contributed by atoms with E-state index in [2.05, 4.69) is 29.5 Å². The van der Waals surface area contributed by atoms with Crippen LogP contribution in [0.4, 0.5) is 4.79 Å². The van der Waals surface area contributed by atoms with Gasteiger partial charge in [0.1, 0.15) is 5.82 Å². The Morgan fingerprint density at radius 2 is 2.00 bits per heavy atom. The SMILES string of the molecule is CC(C)Cn1ccnc1CNC(=O)NCCC(O)c1ccccc1. The van der Waals surface area contributed by atoms with E-state index in [1.54, 1.807) is 6.20 Å². The first-order chi connectivity index (χ1) is 11.6. The van der Waals surface area contributed by atoms with Gasteiger partial charge in [-0.15, -0.1) is 0 Å². The van der Waals surface area contributed by atoms with Crippen LogP contribution in [-0.4, -0.2) is 27.2 Å². The highest BCUT2D eigenvalue weighted by molar-refractivity contribution is 5.73. The first-order valence-electron chi connectivity index (χ1n) is 8.31. The number of rotatable bonds is 8. The fraction of sp³-hybridized carbons (Fsp3) is 0.444. The van der Waals surface area contributed by atoms with Gasteiger partial charge in [0.25, 0.3) is 0 Å². The van der Waals surface area contributed by atoms with Crippen LogP contribution in [0.15, 0.2) is 42.7 Å². The van der Waals surface area contributed by atoms with Gasteiger partial charge in [-0.1, -0.05) is 44.2 Å². The third kappa shape index (κ3) is 5.70. The molecule has 1 heterocycles. The molecule has 0 aliphatic heterocycles. The van der Waals surface area contributed by atoms with Gasteiger partial charge in [0.05, 0.1) is 12.6 Å². The van der Waals surface area contributed by atoms with Crippen molar-refractivity contribution in [3.05, 3.63) is 54.1 Å². The molecule has 0 radical (unpaired) electrons. The van der Waals surface area contributed by atoms with E-state index in [1.165, 1.54) is 0 Å². The van der Waals surface area contributed by atoms with E-state index in [0.717, 1.165) is 17.9 Å². The molecular weight excluding hydrogens is 304 g/mol. The van der Waals surface area contributed by atoms with Crippen LogP contribution < -0.4 is 10.6 Å². The molecule has 24 heavy (non-hydrogen) atoms. The number of carbonyl (C=O) groups is 1. The van der Waals surface area contributed by atoms with Crippen LogP contribution in [-0.2, 0) is 13.1 Å². The minimum Gasteiger partial charge on any atom is -0.388 e. The third-order valence-electron chi connectivity index (χ3n) is 3.66. The molecule has 0 spiro atoms. The van der Waals surface area contributed by atoms with Crippen molar-refractivity contribution in [2.75, 3.05) is 6.54 Å². The first kappa shape index (κ1) is 18.0. The van der Waals surface area contributed by atoms with E-state index in [4.69, 9.17) is 0 Å². The molecule has 6 nitrogen and oxygen atoms in total. The Kier molecular flexibility index (Phi) is 6.81. The van der Waals surface area contributed by atoms with Crippen molar-refractivity contribution in [2.24, 2.45) is 5.92 Å². The van der Waals surface area contributed by atoms with Gasteiger partial charge in [0.15, 0.2) is 0 Å². The molecule has 3 N–H and O–H groups in total. The molecule has 0 saturated carbocycles. The summed E-state index contributed by atoms with van der Waals surface area (Å²) in [7, 11) is 0. The van der Waals surface area contributed by atoms with Gasteiger partial charge in [0, 0.05) is 25.5 Å². The molecule has 1 unspecified atom stereocenters. The van der Waals surface area contributed by atoms with E-state index < -0.39 is 6.10 Å². The largest absolute Gasteiger partial charge is 0.388 e. The summed E-state index contributed by atoms with van der Waals surface area (Å²) >= 11 is 0. The summed E-state index contributed by atoms with van der Waals surface area (Å²) in [5.74, 6) is 1.36. The summed E-state index contributed by atoms with van der Waals surface area (Å²) < 4.78 is 2.05. The number of aromatic nitrogens is 2. The van der Waals surface area contributed by atoms with E-state index in [1.807, 2.05) is 41.1 Å². The Hall–Kier alpha value is -2.34. The molecule has 1 aromatic carbocycles. The monoisotopic (exact) mass is 330 g/mol. The maximum absolute atomic E-state index is 11.8. The molecule has 1 atom stereocenters. The van der Waals surface area contributed by atoms with Crippen LogP contribution in [0.5, 0.6) is 0 Å². The third-order valence-corrected chi connectivity index (χ3v) is 3.66. The normalized spacial score (nSPS) is 12.2. The van der Waals surface area contributed by atoms with Crippen molar-refractivity contribution in [3.8, 4) is 0 Å². The summed E-state index contributed by atoms with van der Waals surface area (Å²) in [6.45, 7) is 5.95. The maximum Gasteiger partial charge on any atom is 0.315 e. The molecule has 2 rings (SSSR count). The van der Waals surface area contributed by atoms with Gasteiger partial charge in [-0.25, -0.2) is 9.78 Å². The second kappa shape index (κ2) is 9.08. The summed E-state index contributed by atoms with van der Waals surface area (Å²) in [5, 5.41) is 15.6. The molecule has 0 fully saturated rings. The quantitative estimate of drug-likeness (QED) is 0.695. The van der Waals surface area contributed by atoms with Gasteiger partial charge >= 0.3 is 6.03 Å². The second-order valence-corrected chi connectivity index (χ2v) is 6.21. The van der Waals surface area contributed by atoms with Crippen LogP contribution in [0.2, 0.25) is 0 Å². The molecule has 0 aliphatic carbocycles. The predicted octanol–water partition coefficient (Wildman–Crippen LogP) is 2.46. The molecular formula is C18H26N4O2. The van der Waals surface area contributed by atoms with Gasteiger partial charge in [-0.2, -0.15) is 0 Å². The highest BCUT2D eigenvalue weighted by atomic mass is 16.3.